The van der Waals surface area contributed by atoms with E-state index in [2.05, 4.69) is 17.6 Å². The number of anilines is 1. The van der Waals surface area contributed by atoms with Gasteiger partial charge in [-0.05, 0) is 43.5 Å². The zero-order valence-corrected chi connectivity index (χ0v) is 13.2. The van der Waals surface area contributed by atoms with E-state index in [1.54, 1.807) is 0 Å². The van der Waals surface area contributed by atoms with Gasteiger partial charge in [-0.1, -0.05) is 18.5 Å². The van der Waals surface area contributed by atoms with Crippen LogP contribution in [0.25, 0.3) is 0 Å². The second-order valence-electron chi connectivity index (χ2n) is 5.31. The molecule has 1 aliphatic heterocycles. The third-order valence-electron chi connectivity index (χ3n) is 3.51. The maximum atomic E-state index is 12.2. The Morgan fingerprint density at radius 3 is 2.81 bits per heavy atom. The Morgan fingerprint density at radius 2 is 2.19 bits per heavy atom. The van der Waals surface area contributed by atoms with Gasteiger partial charge in [-0.25, -0.2) is 13.6 Å². The molecule has 116 valence electrons. The number of primary sulfonamides is 1. The van der Waals surface area contributed by atoms with Crippen LogP contribution in [0.4, 0.5) is 5.69 Å². The van der Waals surface area contributed by atoms with Gasteiger partial charge in [-0.2, -0.15) is 0 Å². The third-order valence-corrected chi connectivity index (χ3v) is 4.75. The summed E-state index contributed by atoms with van der Waals surface area (Å²) in [5.41, 5.74) is 0.244. The Kier molecular flexibility index (Phi) is 4.88. The molecule has 2 unspecified atom stereocenters. The lowest BCUT2D eigenvalue weighted by Crippen LogP contribution is -2.45. The van der Waals surface area contributed by atoms with Crippen molar-refractivity contribution in [2.45, 2.75) is 30.7 Å². The number of nitrogens with two attached hydrogens (primary N) is 1. The van der Waals surface area contributed by atoms with Crippen LogP contribution in [0, 0.1) is 5.92 Å². The Bertz CT molecular complexity index is 648. The summed E-state index contributed by atoms with van der Waals surface area (Å²) in [4.78, 5) is 12.1. The molecule has 1 saturated heterocycles. The van der Waals surface area contributed by atoms with Crippen LogP contribution in [0.15, 0.2) is 23.1 Å². The highest BCUT2D eigenvalue weighted by atomic mass is 35.5. The van der Waals surface area contributed by atoms with Gasteiger partial charge in [0.25, 0.3) is 0 Å². The smallest absolute Gasteiger partial charge is 0.241 e. The van der Waals surface area contributed by atoms with Gasteiger partial charge in [-0.3, -0.25) is 4.79 Å². The number of piperidine rings is 1. The van der Waals surface area contributed by atoms with E-state index in [4.69, 9.17) is 16.7 Å². The largest absolute Gasteiger partial charge is 0.323 e. The predicted molar refractivity (Wildman–Crippen MR) is 81.6 cm³/mol. The number of hydrogen-bond acceptors (Lipinski definition) is 4. The number of hydrogen-bond donors (Lipinski definition) is 3. The minimum Gasteiger partial charge on any atom is -0.323 e. The molecule has 0 aliphatic carbocycles. The van der Waals surface area contributed by atoms with Crippen LogP contribution in [-0.4, -0.2) is 26.9 Å². The summed E-state index contributed by atoms with van der Waals surface area (Å²) in [5, 5.41) is 11.1. The fourth-order valence-electron chi connectivity index (χ4n) is 2.30. The second-order valence-corrected chi connectivity index (χ2v) is 7.28. The fourth-order valence-corrected chi connectivity index (χ4v) is 3.01. The summed E-state index contributed by atoms with van der Waals surface area (Å²) in [6, 6.07) is 3.66. The summed E-state index contributed by atoms with van der Waals surface area (Å²) in [6.07, 6.45) is 1.77. The first-order chi connectivity index (χ1) is 9.77. The number of rotatable bonds is 3. The molecule has 1 amide bonds. The first kappa shape index (κ1) is 16.2. The van der Waals surface area contributed by atoms with E-state index in [0.717, 1.165) is 19.4 Å². The van der Waals surface area contributed by atoms with Crippen LogP contribution in [0.3, 0.4) is 0 Å². The third kappa shape index (κ3) is 4.16. The first-order valence-corrected chi connectivity index (χ1v) is 8.56. The van der Waals surface area contributed by atoms with E-state index < -0.39 is 10.0 Å². The molecule has 2 atom stereocenters. The Labute approximate surface area is 129 Å². The van der Waals surface area contributed by atoms with Gasteiger partial charge < -0.3 is 10.6 Å². The molecule has 6 nitrogen and oxygen atoms in total. The molecule has 0 bridgehead atoms. The molecule has 1 heterocycles. The van der Waals surface area contributed by atoms with Gasteiger partial charge >= 0.3 is 0 Å². The molecule has 21 heavy (non-hydrogen) atoms. The van der Waals surface area contributed by atoms with Crippen molar-refractivity contribution >= 4 is 33.2 Å². The van der Waals surface area contributed by atoms with E-state index in [9.17, 15) is 13.2 Å². The van der Waals surface area contributed by atoms with Crippen LogP contribution in [0.2, 0.25) is 5.02 Å². The Morgan fingerprint density at radius 1 is 1.48 bits per heavy atom. The van der Waals surface area contributed by atoms with Crippen molar-refractivity contribution in [1.29, 1.82) is 0 Å². The summed E-state index contributed by atoms with van der Waals surface area (Å²) < 4.78 is 22.7. The van der Waals surface area contributed by atoms with Gasteiger partial charge in [0, 0.05) is 0 Å². The summed E-state index contributed by atoms with van der Waals surface area (Å²) >= 11 is 5.99. The number of carbonyl (C=O) groups is 1. The standard InChI is InChI=1S/C13H18ClN3O3S/c1-8-4-5-16-12(6-8)13(18)17-11-7-9(21(15,19)20)2-3-10(11)14/h2-3,7-8,12,16H,4-6H2,1H3,(H,17,18)(H2,15,19,20). The van der Waals surface area contributed by atoms with Crippen molar-refractivity contribution in [3.63, 3.8) is 0 Å². The number of amides is 1. The molecule has 2 rings (SSSR count). The molecule has 0 radical (unpaired) electrons. The van der Waals surface area contributed by atoms with E-state index in [0.29, 0.717) is 5.92 Å². The average molecular weight is 332 g/mol. The molecule has 0 spiro atoms. The van der Waals surface area contributed by atoms with Gasteiger partial charge in [-0.15, -0.1) is 0 Å². The van der Waals surface area contributed by atoms with Gasteiger partial charge in [0.15, 0.2) is 0 Å². The monoisotopic (exact) mass is 331 g/mol. The van der Waals surface area contributed by atoms with Crippen molar-refractivity contribution in [2.24, 2.45) is 11.1 Å². The average Bonchev–Trinajstić information content (AvgIpc) is 2.40. The van der Waals surface area contributed by atoms with Crippen molar-refractivity contribution in [1.82, 2.24) is 5.32 Å². The second kappa shape index (κ2) is 6.31. The van der Waals surface area contributed by atoms with Crippen molar-refractivity contribution in [2.75, 3.05) is 11.9 Å². The molecule has 8 heteroatoms. The van der Waals surface area contributed by atoms with Gasteiger partial charge in [0.2, 0.25) is 15.9 Å². The normalized spacial score (nSPS) is 22.8. The molecule has 4 N–H and O–H groups in total. The molecular formula is C13H18ClN3O3S. The predicted octanol–water partition coefficient (Wildman–Crippen LogP) is 1.31. The molecule has 0 aromatic heterocycles. The van der Waals surface area contributed by atoms with Gasteiger partial charge in [0.1, 0.15) is 0 Å². The summed E-state index contributed by atoms with van der Waals surface area (Å²) in [5.74, 6) is 0.239. The van der Waals surface area contributed by atoms with Crippen LogP contribution < -0.4 is 15.8 Å². The SMILES string of the molecule is CC1CCNC(C(=O)Nc2cc(S(N)(=O)=O)ccc2Cl)C1. The van der Waals surface area contributed by atoms with E-state index in [1.807, 2.05) is 0 Å². The molecule has 0 saturated carbocycles. The summed E-state index contributed by atoms with van der Waals surface area (Å²) in [6.45, 7) is 2.87. The molecule has 1 aromatic rings. The molecule has 1 fully saturated rings. The first-order valence-electron chi connectivity index (χ1n) is 6.64. The minimum atomic E-state index is -3.84. The lowest BCUT2D eigenvalue weighted by molar-refractivity contribution is -0.119. The maximum absolute atomic E-state index is 12.2. The van der Waals surface area contributed by atoms with Crippen molar-refractivity contribution < 1.29 is 13.2 Å². The van der Waals surface area contributed by atoms with E-state index in [1.165, 1.54) is 18.2 Å². The van der Waals surface area contributed by atoms with E-state index in [-0.39, 0.29) is 27.6 Å². The quantitative estimate of drug-likeness (QED) is 0.777. The number of benzene rings is 1. The van der Waals surface area contributed by atoms with Crippen LogP contribution in [0.5, 0.6) is 0 Å². The lowest BCUT2D eigenvalue weighted by Gasteiger charge is -2.27. The zero-order chi connectivity index (χ0) is 15.6. The molecular weight excluding hydrogens is 314 g/mol. The Hall–Kier alpha value is -1.15. The highest BCUT2D eigenvalue weighted by Gasteiger charge is 2.25. The Balaban J connectivity index is 2.17. The highest BCUT2D eigenvalue weighted by Crippen LogP contribution is 2.25. The number of halogens is 1. The number of sulfonamides is 1. The minimum absolute atomic E-state index is 0.0906. The maximum Gasteiger partial charge on any atom is 0.241 e. The van der Waals surface area contributed by atoms with Gasteiger partial charge in [0.05, 0.1) is 21.6 Å². The highest BCUT2D eigenvalue weighted by molar-refractivity contribution is 7.89. The molecule has 1 aliphatic rings. The van der Waals surface area contributed by atoms with Crippen LogP contribution in [-0.2, 0) is 14.8 Å². The number of carbonyl (C=O) groups excluding carboxylic acids is 1. The summed E-state index contributed by atoms with van der Waals surface area (Å²) in [7, 11) is -3.84. The molecule has 1 aromatic carbocycles. The van der Waals surface area contributed by atoms with Crippen molar-refractivity contribution in [3.05, 3.63) is 23.2 Å². The number of nitrogens with one attached hydrogen (secondary N) is 2. The van der Waals surface area contributed by atoms with E-state index >= 15 is 0 Å². The zero-order valence-electron chi connectivity index (χ0n) is 11.6. The van der Waals surface area contributed by atoms with Crippen LogP contribution >= 0.6 is 11.6 Å². The topological polar surface area (TPSA) is 101 Å². The fraction of sp³-hybridized carbons (Fsp3) is 0.462. The van der Waals surface area contributed by atoms with Crippen LogP contribution in [0.1, 0.15) is 19.8 Å². The lowest BCUT2D eigenvalue weighted by atomic mass is 9.94. The van der Waals surface area contributed by atoms with Crippen molar-refractivity contribution in [3.8, 4) is 0 Å².